The van der Waals surface area contributed by atoms with E-state index in [0.29, 0.717) is 16.5 Å². The molecule has 0 N–H and O–H groups in total. The second-order valence-electron chi connectivity index (χ2n) is 9.80. The number of anilines is 1. The summed E-state index contributed by atoms with van der Waals surface area (Å²) in [5.41, 5.74) is 4.57. The molecule has 2 unspecified atom stereocenters. The molecule has 188 valence electrons. The van der Waals surface area contributed by atoms with Crippen molar-refractivity contribution in [2.24, 2.45) is 10.5 Å². The van der Waals surface area contributed by atoms with Crippen LogP contribution in [0.15, 0.2) is 114 Å². The van der Waals surface area contributed by atoms with Crippen molar-refractivity contribution in [1.29, 1.82) is 0 Å². The first kappa shape index (κ1) is 24.7. The fourth-order valence-corrected chi connectivity index (χ4v) is 6.11. The molecule has 38 heavy (non-hydrogen) atoms. The molecule has 2 atom stereocenters. The summed E-state index contributed by atoms with van der Waals surface area (Å²) in [5.74, 6) is 0.0940. The maximum Gasteiger partial charge on any atom is 0.177 e. The van der Waals surface area contributed by atoms with Crippen molar-refractivity contribution in [3.8, 4) is 0 Å². The Morgan fingerprint density at radius 3 is 2.29 bits per heavy atom. The number of rotatable bonds is 4. The number of hydrogen-bond acceptors (Lipinski definition) is 3. The summed E-state index contributed by atoms with van der Waals surface area (Å²) in [7, 11) is 0. The van der Waals surface area contributed by atoms with E-state index in [4.69, 9.17) is 28.3 Å². The highest BCUT2D eigenvalue weighted by Gasteiger charge is 2.57. The number of hydrazone groups is 1. The molecule has 1 heterocycles. The fourth-order valence-electron chi connectivity index (χ4n) is 5.81. The van der Waals surface area contributed by atoms with Crippen molar-refractivity contribution < 1.29 is 4.79 Å². The number of carbonyl (C=O) groups is 1. The monoisotopic (exact) mass is 536 g/mol. The van der Waals surface area contributed by atoms with E-state index in [9.17, 15) is 4.79 Å². The molecule has 0 amide bonds. The number of Topliss-reactive ketones (excluding diaryl/α,β-unsaturated/α-hetero) is 1. The van der Waals surface area contributed by atoms with Gasteiger partial charge >= 0.3 is 0 Å². The van der Waals surface area contributed by atoms with Crippen LogP contribution in [0.4, 0.5) is 5.69 Å². The van der Waals surface area contributed by atoms with E-state index >= 15 is 0 Å². The Morgan fingerprint density at radius 1 is 0.816 bits per heavy atom. The number of para-hydroxylation sites is 1. The lowest BCUT2D eigenvalue weighted by Gasteiger charge is -2.37. The molecule has 0 saturated carbocycles. The first-order valence-electron chi connectivity index (χ1n) is 12.8. The lowest BCUT2D eigenvalue weighted by Crippen LogP contribution is -2.43. The largest absolute Gasteiger partial charge is 0.293 e. The topological polar surface area (TPSA) is 32.7 Å². The predicted octanol–water partition coefficient (Wildman–Crippen LogP) is 8.83. The minimum atomic E-state index is -0.912. The summed E-state index contributed by atoms with van der Waals surface area (Å²) < 4.78 is 0. The summed E-state index contributed by atoms with van der Waals surface area (Å²) in [6.45, 7) is 0. The molecule has 4 aromatic rings. The zero-order chi connectivity index (χ0) is 26.1. The fraction of sp³-hybridized carbons (Fsp3) is 0.152. The second-order valence-corrected chi connectivity index (χ2v) is 10.6. The highest BCUT2D eigenvalue weighted by Crippen LogP contribution is 2.54. The summed E-state index contributed by atoms with van der Waals surface area (Å²) in [6, 6.07) is 33.4. The molecular formula is C33H26Cl2N2O. The normalized spacial score (nSPS) is 21.0. The molecule has 0 aromatic heterocycles. The lowest BCUT2D eigenvalue weighted by atomic mass is 9.67. The molecule has 5 heteroatoms. The zero-order valence-corrected chi connectivity index (χ0v) is 22.2. The van der Waals surface area contributed by atoms with Crippen molar-refractivity contribution in [1.82, 2.24) is 0 Å². The zero-order valence-electron chi connectivity index (χ0n) is 20.7. The number of nitrogens with zero attached hydrogens (tertiary/aromatic N) is 2. The average molecular weight is 537 g/mol. The first-order chi connectivity index (χ1) is 18.6. The van der Waals surface area contributed by atoms with Gasteiger partial charge in [0, 0.05) is 5.56 Å². The minimum absolute atomic E-state index is 0.0940. The van der Waals surface area contributed by atoms with Crippen molar-refractivity contribution in [2.75, 3.05) is 5.01 Å². The minimum Gasteiger partial charge on any atom is -0.293 e. The number of benzene rings is 4. The van der Waals surface area contributed by atoms with Crippen LogP contribution in [0.25, 0.3) is 6.08 Å². The molecule has 1 spiro atoms. The first-order valence-corrected chi connectivity index (χ1v) is 13.6. The van der Waals surface area contributed by atoms with Crippen LogP contribution < -0.4 is 5.01 Å². The summed E-state index contributed by atoms with van der Waals surface area (Å²) in [4.78, 5) is 14.8. The summed E-state index contributed by atoms with van der Waals surface area (Å²) >= 11 is 12.9. The number of ketones is 1. The Labute approximate surface area is 233 Å². The Hall–Kier alpha value is -3.66. The van der Waals surface area contributed by atoms with Crippen LogP contribution in [0.1, 0.15) is 45.9 Å². The van der Waals surface area contributed by atoms with E-state index in [2.05, 4.69) is 6.07 Å². The maximum atomic E-state index is 14.8. The molecule has 4 aromatic carbocycles. The summed E-state index contributed by atoms with van der Waals surface area (Å²) in [5, 5.41) is 8.13. The summed E-state index contributed by atoms with van der Waals surface area (Å²) in [6.07, 6.45) is 6.44. The van der Waals surface area contributed by atoms with E-state index in [0.717, 1.165) is 46.5 Å². The third-order valence-electron chi connectivity index (χ3n) is 7.58. The van der Waals surface area contributed by atoms with E-state index in [1.54, 1.807) is 0 Å². The molecule has 6 rings (SSSR count). The van der Waals surface area contributed by atoms with Crippen molar-refractivity contribution in [2.45, 2.75) is 25.3 Å². The molecular weight excluding hydrogens is 511 g/mol. The van der Waals surface area contributed by atoms with E-state index in [1.165, 1.54) is 0 Å². The van der Waals surface area contributed by atoms with Gasteiger partial charge in [-0.1, -0.05) is 108 Å². The molecule has 1 aliphatic heterocycles. The highest BCUT2D eigenvalue weighted by atomic mass is 35.5. The molecule has 1 aliphatic carbocycles. The van der Waals surface area contributed by atoms with E-state index < -0.39 is 11.5 Å². The van der Waals surface area contributed by atoms with Gasteiger partial charge in [-0.05, 0) is 66.3 Å². The van der Waals surface area contributed by atoms with Crippen molar-refractivity contribution in [3.05, 3.63) is 142 Å². The highest BCUT2D eigenvalue weighted by molar-refractivity contribution is 6.42. The SMILES string of the molecule is O=C1c2ccccc2CCCC12C(/C=C/c1ccccc1)=NN(c1ccccc1)C2c1ccc(Cl)c(Cl)c1. The smallest absolute Gasteiger partial charge is 0.177 e. The van der Waals surface area contributed by atoms with Gasteiger partial charge in [-0.2, -0.15) is 5.10 Å². The van der Waals surface area contributed by atoms with E-state index in [1.807, 2.05) is 114 Å². The van der Waals surface area contributed by atoms with Crippen LogP contribution in [-0.2, 0) is 6.42 Å². The second kappa shape index (κ2) is 10.2. The third kappa shape index (κ3) is 4.26. The number of aryl methyl sites for hydroxylation is 1. The number of hydrogen-bond donors (Lipinski definition) is 0. The maximum absolute atomic E-state index is 14.8. The van der Waals surface area contributed by atoms with Gasteiger partial charge in [-0.15, -0.1) is 0 Å². The van der Waals surface area contributed by atoms with Gasteiger partial charge in [0.15, 0.2) is 5.78 Å². The quantitative estimate of drug-likeness (QED) is 0.261. The van der Waals surface area contributed by atoms with Gasteiger partial charge in [0.2, 0.25) is 0 Å². The van der Waals surface area contributed by atoms with Gasteiger partial charge in [0.25, 0.3) is 0 Å². The number of carbonyl (C=O) groups excluding carboxylic acids is 1. The van der Waals surface area contributed by atoms with Gasteiger partial charge in [0.1, 0.15) is 5.41 Å². The molecule has 0 bridgehead atoms. The third-order valence-corrected chi connectivity index (χ3v) is 8.32. The lowest BCUT2D eigenvalue weighted by molar-refractivity contribution is 0.0843. The van der Waals surface area contributed by atoms with Gasteiger partial charge < -0.3 is 0 Å². The molecule has 2 aliphatic rings. The Morgan fingerprint density at radius 2 is 1.53 bits per heavy atom. The average Bonchev–Trinajstić information content (AvgIpc) is 3.21. The van der Waals surface area contributed by atoms with Crippen molar-refractivity contribution >= 4 is 46.5 Å². The Kier molecular flexibility index (Phi) is 6.65. The molecule has 0 saturated heterocycles. The number of allylic oxidation sites excluding steroid dienone is 1. The van der Waals surface area contributed by atoms with Gasteiger partial charge in [-0.3, -0.25) is 9.80 Å². The Bertz CT molecular complexity index is 1550. The van der Waals surface area contributed by atoms with Crippen LogP contribution in [0, 0.1) is 5.41 Å². The molecule has 0 radical (unpaired) electrons. The van der Waals surface area contributed by atoms with Gasteiger partial charge in [0.05, 0.1) is 27.5 Å². The number of fused-ring (bicyclic) bond motifs is 1. The molecule has 3 nitrogen and oxygen atoms in total. The molecule has 0 fully saturated rings. The number of halogens is 2. The van der Waals surface area contributed by atoms with Crippen LogP contribution in [0.5, 0.6) is 0 Å². The van der Waals surface area contributed by atoms with Crippen LogP contribution in [0.3, 0.4) is 0 Å². The van der Waals surface area contributed by atoms with Crippen LogP contribution in [0.2, 0.25) is 10.0 Å². The van der Waals surface area contributed by atoms with E-state index in [-0.39, 0.29) is 5.78 Å². The standard InChI is InChI=1S/C33H26Cl2N2O/c34-28-19-18-25(22-29(28)35)31-33(21-9-13-24-12-7-8-16-27(24)32(33)38)30(20-17-23-10-3-1-4-11-23)36-37(31)26-14-5-2-6-15-26/h1-8,10-12,14-20,22,31H,9,13,21H2/b20-17+. The van der Waals surface area contributed by atoms with Gasteiger partial charge in [-0.25, -0.2) is 0 Å². The van der Waals surface area contributed by atoms with Crippen LogP contribution in [-0.4, -0.2) is 11.5 Å². The van der Waals surface area contributed by atoms with Crippen molar-refractivity contribution in [3.63, 3.8) is 0 Å². The van der Waals surface area contributed by atoms with Crippen LogP contribution >= 0.6 is 23.2 Å². The Balaban J connectivity index is 1.60. The predicted molar refractivity (Wildman–Crippen MR) is 157 cm³/mol.